The summed E-state index contributed by atoms with van der Waals surface area (Å²) in [7, 11) is 1.49. The van der Waals surface area contributed by atoms with Crippen LogP contribution in [0.25, 0.3) is 0 Å². The van der Waals surface area contributed by atoms with Crippen molar-refractivity contribution in [2.75, 3.05) is 12.4 Å². The Bertz CT molecular complexity index is 748. The molecule has 24 heavy (non-hydrogen) atoms. The summed E-state index contributed by atoms with van der Waals surface area (Å²) in [6, 6.07) is 9.04. The summed E-state index contributed by atoms with van der Waals surface area (Å²) in [6.07, 6.45) is -4.64. The van der Waals surface area contributed by atoms with Crippen molar-refractivity contribution >= 4 is 11.4 Å². The standard InChI is InChI=1S/C16H15F3N2O3/c1-10(12-5-3-4-6-15(12)24-2)20-13-8-7-11(16(17,18)19)9-14(13)21(22)23/h3-10,20H,1-2H3/t10-/m1/s1. The molecule has 0 aliphatic carbocycles. The van der Waals surface area contributed by atoms with Crippen molar-refractivity contribution in [1.29, 1.82) is 0 Å². The van der Waals surface area contributed by atoms with E-state index in [0.29, 0.717) is 11.8 Å². The molecule has 0 aliphatic heterocycles. The van der Waals surface area contributed by atoms with Crippen molar-refractivity contribution in [1.82, 2.24) is 0 Å². The van der Waals surface area contributed by atoms with Crippen molar-refractivity contribution in [3.63, 3.8) is 0 Å². The van der Waals surface area contributed by atoms with Gasteiger partial charge in [-0.3, -0.25) is 10.1 Å². The van der Waals surface area contributed by atoms with Gasteiger partial charge in [-0.2, -0.15) is 13.2 Å². The number of ether oxygens (including phenoxy) is 1. The molecule has 0 spiro atoms. The average molecular weight is 340 g/mol. The van der Waals surface area contributed by atoms with Gasteiger partial charge in [0, 0.05) is 11.6 Å². The number of hydrogen-bond acceptors (Lipinski definition) is 4. The second-order valence-electron chi connectivity index (χ2n) is 5.09. The highest BCUT2D eigenvalue weighted by molar-refractivity contribution is 5.64. The van der Waals surface area contributed by atoms with Gasteiger partial charge in [-0.05, 0) is 25.1 Å². The Morgan fingerprint density at radius 1 is 1.21 bits per heavy atom. The molecule has 8 heteroatoms. The number of para-hydroxylation sites is 1. The molecule has 2 rings (SSSR count). The number of nitro benzene ring substituents is 1. The molecule has 2 aromatic rings. The third kappa shape index (κ3) is 3.76. The summed E-state index contributed by atoms with van der Waals surface area (Å²) in [5.74, 6) is 0.576. The van der Waals surface area contributed by atoms with Crippen molar-refractivity contribution in [3.8, 4) is 5.75 Å². The van der Waals surface area contributed by atoms with Crippen molar-refractivity contribution in [3.05, 3.63) is 63.7 Å². The average Bonchev–Trinajstić information content (AvgIpc) is 2.53. The molecule has 0 saturated heterocycles. The number of nitrogens with zero attached hydrogens (tertiary/aromatic N) is 1. The summed E-state index contributed by atoms with van der Waals surface area (Å²) in [5.41, 5.74) is -0.961. The molecular formula is C16H15F3N2O3. The summed E-state index contributed by atoms with van der Waals surface area (Å²) in [6.45, 7) is 1.74. The first-order valence-electron chi connectivity index (χ1n) is 6.99. The predicted octanol–water partition coefficient (Wildman–Crippen LogP) is 4.80. The zero-order valence-electron chi connectivity index (χ0n) is 12.9. The van der Waals surface area contributed by atoms with Crippen LogP contribution in [0.2, 0.25) is 0 Å². The lowest BCUT2D eigenvalue weighted by Crippen LogP contribution is -2.11. The van der Waals surface area contributed by atoms with Gasteiger partial charge in [0.15, 0.2) is 0 Å². The van der Waals surface area contributed by atoms with Crippen molar-refractivity contribution in [2.45, 2.75) is 19.1 Å². The second-order valence-corrected chi connectivity index (χ2v) is 5.09. The molecule has 2 aromatic carbocycles. The SMILES string of the molecule is COc1ccccc1[C@@H](C)Nc1ccc(C(F)(F)F)cc1[N+](=O)[O-]. The Kier molecular flexibility index (Phi) is 4.96. The van der Waals surface area contributed by atoms with Gasteiger partial charge >= 0.3 is 6.18 Å². The van der Waals surface area contributed by atoms with Crippen LogP contribution in [0.1, 0.15) is 24.1 Å². The van der Waals surface area contributed by atoms with E-state index in [4.69, 9.17) is 4.74 Å². The number of anilines is 1. The number of benzene rings is 2. The number of rotatable bonds is 5. The number of alkyl halides is 3. The van der Waals surface area contributed by atoms with E-state index in [9.17, 15) is 23.3 Å². The summed E-state index contributed by atoms with van der Waals surface area (Å²) in [4.78, 5) is 10.3. The van der Waals surface area contributed by atoms with Gasteiger partial charge in [-0.15, -0.1) is 0 Å². The molecule has 0 saturated carbocycles. The minimum atomic E-state index is -4.64. The van der Waals surface area contributed by atoms with Crippen LogP contribution in [-0.4, -0.2) is 12.0 Å². The van der Waals surface area contributed by atoms with E-state index in [0.717, 1.165) is 17.7 Å². The maximum Gasteiger partial charge on any atom is 0.416 e. The van der Waals surface area contributed by atoms with Crippen LogP contribution in [0.4, 0.5) is 24.5 Å². The topological polar surface area (TPSA) is 64.4 Å². The minimum Gasteiger partial charge on any atom is -0.496 e. The van der Waals surface area contributed by atoms with Crippen LogP contribution in [0, 0.1) is 10.1 Å². The van der Waals surface area contributed by atoms with Crippen LogP contribution in [0.5, 0.6) is 5.75 Å². The van der Waals surface area contributed by atoms with Crippen LogP contribution in [0.15, 0.2) is 42.5 Å². The van der Waals surface area contributed by atoms with Crippen molar-refractivity contribution in [2.24, 2.45) is 0 Å². The van der Waals surface area contributed by atoms with Gasteiger partial charge < -0.3 is 10.1 Å². The maximum absolute atomic E-state index is 12.7. The number of halogens is 3. The van der Waals surface area contributed by atoms with Crippen LogP contribution < -0.4 is 10.1 Å². The fourth-order valence-corrected chi connectivity index (χ4v) is 2.32. The highest BCUT2D eigenvalue weighted by atomic mass is 19.4. The molecule has 0 unspecified atom stereocenters. The Balaban J connectivity index is 2.37. The molecule has 1 N–H and O–H groups in total. The molecular weight excluding hydrogens is 325 g/mol. The molecule has 0 aliphatic rings. The molecule has 0 heterocycles. The largest absolute Gasteiger partial charge is 0.496 e. The Labute approximate surface area is 136 Å². The van der Waals surface area contributed by atoms with Gasteiger partial charge in [0.25, 0.3) is 5.69 Å². The molecule has 0 bridgehead atoms. The van der Waals surface area contributed by atoms with Gasteiger partial charge in [-0.1, -0.05) is 18.2 Å². The van der Waals surface area contributed by atoms with E-state index >= 15 is 0 Å². The molecule has 0 amide bonds. The Morgan fingerprint density at radius 3 is 2.46 bits per heavy atom. The maximum atomic E-state index is 12.7. The van der Waals surface area contributed by atoms with Crippen molar-refractivity contribution < 1.29 is 22.8 Å². The van der Waals surface area contributed by atoms with E-state index in [-0.39, 0.29) is 5.69 Å². The van der Waals surface area contributed by atoms with Gasteiger partial charge in [0.2, 0.25) is 0 Å². The second kappa shape index (κ2) is 6.77. The fourth-order valence-electron chi connectivity index (χ4n) is 2.32. The summed E-state index contributed by atoms with van der Waals surface area (Å²) in [5, 5.41) is 14.0. The minimum absolute atomic E-state index is 0.00593. The predicted molar refractivity (Wildman–Crippen MR) is 83.1 cm³/mol. The first kappa shape index (κ1) is 17.6. The molecule has 0 radical (unpaired) electrons. The van der Waals surface area contributed by atoms with Gasteiger partial charge in [0.05, 0.1) is 23.6 Å². The first-order valence-corrected chi connectivity index (χ1v) is 6.99. The third-order valence-corrected chi connectivity index (χ3v) is 3.50. The third-order valence-electron chi connectivity index (χ3n) is 3.50. The normalized spacial score (nSPS) is 12.5. The first-order chi connectivity index (χ1) is 11.2. The van der Waals surface area contributed by atoms with E-state index in [1.807, 2.05) is 0 Å². The molecule has 0 fully saturated rings. The zero-order valence-corrected chi connectivity index (χ0v) is 12.9. The highest BCUT2D eigenvalue weighted by Gasteiger charge is 2.33. The smallest absolute Gasteiger partial charge is 0.416 e. The van der Waals surface area contributed by atoms with E-state index in [1.165, 1.54) is 7.11 Å². The zero-order chi connectivity index (χ0) is 17.9. The molecule has 0 aromatic heterocycles. The summed E-state index contributed by atoms with van der Waals surface area (Å²) >= 11 is 0. The lowest BCUT2D eigenvalue weighted by Gasteiger charge is -2.18. The monoisotopic (exact) mass is 340 g/mol. The quantitative estimate of drug-likeness (QED) is 0.627. The number of nitrogens with one attached hydrogen (secondary N) is 1. The van der Waals surface area contributed by atoms with Crippen LogP contribution in [-0.2, 0) is 6.18 Å². The van der Waals surface area contributed by atoms with E-state index in [2.05, 4.69) is 5.32 Å². The Morgan fingerprint density at radius 2 is 1.88 bits per heavy atom. The van der Waals surface area contributed by atoms with E-state index in [1.54, 1.807) is 31.2 Å². The fraction of sp³-hybridized carbons (Fsp3) is 0.250. The van der Waals surface area contributed by atoms with Crippen LogP contribution >= 0.6 is 0 Å². The molecule has 128 valence electrons. The molecule has 5 nitrogen and oxygen atoms in total. The highest BCUT2D eigenvalue weighted by Crippen LogP contribution is 2.37. The lowest BCUT2D eigenvalue weighted by molar-refractivity contribution is -0.384. The number of hydrogen-bond donors (Lipinski definition) is 1. The van der Waals surface area contributed by atoms with Crippen LogP contribution in [0.3, 0.4) is 0 Å². The van der Waals surface area contributed by atoms with Gasteiger partial charge in [-0.25, -0.2) is 0 Å². The number of nitro groups is 1. The number of methoxy groups -OCH3 is 1. The molecule has 1 atom stereocenters. The lowest BCUT2D eigenvalue weighted by atomic mass is 10.1. The van der Waals surface area contributed by atoms with Gasteiger partial charge in [0.1, 0.15) is 11.4 Å². The Hall–Kier alpha value is -2.77. The summed E-state index contributed by atoms with van der Waals surface area (Å²) < 4.78 is 43.4. The van der Waals surface area contributed by atoms with E-state index < -0.39 is 28.4 Å².